The van der Waals surface area contributed by atoms with E-state index in [0.29, 0.717) is 6.42 Å². The van der Waals surface area contributed by atoms with Crippen LogP contribution in [0.3, 0.4) is 0 Å². The van der Waals surface area contributed by atoms with Crippen LogP contribution >= 0.6 is 0 Å². The van der Waals surface area contributed by atoms with E-state index in [4.69, 9.17) is 4.74 Å². The third-order valence-electron chi connectivity index (χ3n) is 6.19. The number of rotatable bonds is 6. The smallest absolute Gasteiger partial charge is 0.428 e. The summed E-state index contributed by atoms with van der Waals surface area (Å²) in [4.78, 5) is 23.8. The van der Waals surface area contributed by atoms with Gasteiger partial charge in [0.15, 0.2) is 10.1 Å². The van der Waals surface area contributed by atoms with Crippen molar-refractivity contribution in [3.8, 4) is 0 Å². The van der Waals surface area contributed by atoms with Crippen molar-refractivity contribution < 1.29 is 45.9 Å². The maximum Gasteiger partial charge on any atom is 0.428 e. The van der Waals surface area contributed by atoms with Gasteiger partial charge in [0.25, 0.3) is 0 Å². The minimum Gasteiger partial charge on any atom is -0.743 e. The van der Waals surface area contributed by atoms with E-state index in [1.807, 2.05) is 0 Å². The van der Waals surface area contributed by atoms with E-state index >= 15 is 0 Å². The van der Waals surface area contributed by atoms with Gasteiger partial charge in [-0.2, -0.15) is 8.78 Å². The highest BCUT2D eigenvalue weighted by molar-refractivity contribution is 7.87. The fraction of sp³-hybridized carbons (Fsp3) is 0.867. The number of fused-ring (bicyclic) bond motifs is 1. The molecule has 0 spiro atoms. The van der Waals surface area contributed by atoms with E-state index in [-0.39, 0.29) is 12.8 Å². The van der Waals surface area contributed by atoms with Gasteiger partial charge in [-0.05, 0) is 19.3 Å². The van der Waals surface area contributed by atoms with Crippen molar-refractivity contribution in [2.75, 3.05) is 0 Å². The highest BCUT2D eigenvalue weighted by Crippen LogP contribution is 2.62. The standard InChI is InChI=1S/C15H20F2O8S/c1-3-14(20,4-2)9-7-5-6-8(9)12(18)24-10(6)11(7)25-13(19)15(16,17)26(21,22)23/h6-11,20H,3-5H2,1-2H3,(H,21,22,23)/p-1. The van der Waals surface area contributed by atoms with Gasteiger partial charge >= 0.3 is 17.2 Å². The molecule has 0 aromatic rings. The lowest BCUT2D eigenvalue weighted by molar-refractivity contribution is -0.180. The Balaban J connectivity index is 1.91. The van der Waals surface area contributed by atoms with Crippen LogP contribution in [0.25, 0.3) is 0 Å². The van der Waals surface area contributed by atoms with Crippen LogP contribution in [0.1, 0.15) is 33.1 Å². The molecule has 1 N–H and O–H groups in total. The van der Waals surface area contributed by atoms with Gasteiger partial charge in [-0.3, -0.25) is 4.79 Å². The van der Waals surface area contributed by atoms with Crippen LogP contribution in [0.15, 0.2) is 0 Å². The summed E-state index contributed by atoms with van der Waals surface area (Å²) in [5.41, 5.74) is -1.28. The average molecular weight is 397 g/mol. The molecule has 3 rings (SSSR count). The number of esters is 2. The molecule has 2 aliphatic carbocycles. The van der Waals surface area contributed by atoms with Gasteiger partial charge in [0.2, 0.25) is 0 Å². The first-order valence-electron chi connectivity index (χ1n) is 8.36. The zero-order valence-electron chi connectivity index (χ0n) is 14.1. The first-order valence-corrected chi connectivity index (χ1v) is 9.77. The Morgan fingerprint density at radius 3 is 2.42 bits per heavy atom. The summed E-state index contributed by atoms with van der Waals surface area (Å²) in [7, 11) is -6.25. The SMILES string of the molecule is CCC(O)(CC)C1C2CC3C(OC(=O)C31)C2OC(=O)C(F)(F)S(=O)(=O)[O-]. The molecular weight excluding hydrogens is 378 g/mol. The summed E-state index contributed by atoms with van der Waals surface area (Å²) in [6.07, 6.45) is -1.39. The van der Waals surface area contributed by atoms with E-state index in [0.717, 1.165) is 0 Å². The normalized spacial score (nSPS) is 36.3. The Morgan fingerprint density at radius 1 is 1.35 bits per heavy atom. The van der Waals surface area contributed by atoms with Crippen LogP contribution in [-0.4, -0.2) is 53.1 Å². The predicted molar refractivity (Wildman–Crippen MR) is 78.5 cm³/mol. The topological polar surface area (TPSA) is 130 Å². The van der Waals surface area contributed by atoms with Crippen molar-refractivity contribution in [3.63, 3.8) is 0 Å². The minimum atomic E-state index is -6.25. The predicted octanol–water partition coefficient (Wildman–Crippen LogP) is 0.395. The van der Waals surface area contributed by atoms with Crippen molar-refractivity contribution in [1.82, 2.24) is 0 Å². The molecule has 8 nitrogen and oxygen atoms in total. The van der Waals surface area contributed by atoms with Crippen LogP contribution in [0.5, 0.6) is 0 Å². The molecule has 3 fully saturated rings. The van der Waals surface area contributed by atoms with E-state index in [9.17, 15) is 36.4 Å². The molecule has 1 heterocycles. The van der Waals surface area contributed by atoms with Crippen LogP contribution in [-0.2, 0) is 29.2 Å². The fourth-order valence-electron chi connectivity index (χ4n) is 4.90. The summed E-state index contributed by atoms with van der Waals surface area (Å²) in [6.45, 7) is 3.43. The summed E-state index contributed by atoms with van der Waals surface area (Å²) in [6, 6.07) is 0. The van der Waals surface area contributed by atoms with E-state index in [1.54, 1.807) is 13.8 Å². The number of ether oxygens (including phenoxy) is 2. The Hall–Kier alpha value is -1.33. The number of carbonyl (C=O) groups is 2. The molecule has 148 valence electrons. The van der Waals surface area contributed by atoms with Gasteiger partial charge in [0.05, 0.1) is 11.5 Å². The molecule has 0 aromatic heterocycles. The molecule has 26 heavy (non-hydrogen) atoms. The number of hydrogen-bond donors (Lipinski definition) is 1. The Kier molecular flexibility index (Phi) is 4.36. The number of carbonyl (C=O) groups excluding carboxylic acids is 2. The fourth-order valence-corrected chi connectivity index (χ4v) is 5.15. The molecule has 1 aliphatic heterocycles. The molecule has 2 bridgehead atoms. The lowest BCUT2D eigenvalue weighted by Crippen LogP contribution is -2.52. The largest absolute Gasteiger partial charge is 0.743 e. The number of hydrogen-bond acceptors (Lipinski definition) is 8. The number of aliphatic hydroxyl groups is 1. The van der Waals surface area contributed by atoms with Crippen LogP contribution in [0, 0.1) is 23.7 Å². The molecule has 2 saturated carbocycles. The highest BCUT2D eigenvalue weighted by Gasteiger charge is 2.71. The quantitative estimate of drug-likeness (QED) is 0.503. The molecular formula is C15H19F2O8S-. The third-order valence-corrected chi connectivity index (χ3v) is 6.98. The number of halogens is 2. The highest BCUT2D eigenvalue weighted by atomic mass is 32.2. The molecule has 6 unspecified atom stereocenters. The van der Waals surface area contributed by atoms with Crippen molar-refractivity contribution in [2.45, 2.75) is 56.2 Å². The monoisotopic (exact) mass is 397 g/mol. The van der Waals surface area contributed by atoms with Gasteiger partial charge in [-0.25, -0.2) is 13.2 Å². The van der Waals surface area contributed by atoms with Crippen molar-refractivity contribution in [1.29, 1.82) is 0 Å². The Labute approximate surface area is 148 Å². The second kappa shape index (κ2) is 5.83. The van der Waals surface area contributed by atoms with Crippen molar-refractivity contribution >= 4 is 22.1 Å². The van der Waals surface area contributed by atoms with Crippen molar-refractivity contribution in [2.24, 2.45) is 23.7 Å². The van der Waals surface area contributed by atoms with Gasteiger partial charge in [-0.1, -0.05) is 13.8 Å². The molecule has 0 aromatic carbocycles. The van der Waals surface area contributed by atoms with E-state index in [2.05, 4.69) is 4.74 Å². The van der Waals surface area contributed by atoms with Crippen LogP contribution in [0.4, 0.5) is 8.78 Å². The third kappa shape index (κ3) is 2.47. The van der Waals surface area contributed by atoms with Gasteiger partial charge in [-0.15, -0.1) is 0 Å². The van der Waals surface area contributed by atoms with Gasteiger partial charge in [0.1, 0.15) is 12.2 Å². The number of alkyl halides is 2. The van der Waals surface area contributed by atoms with Gasteiger partial charge in [0, 0.05) is 17.8 Å². The van der Waals surface area contributed by atoms with Crippen molar-refractivity contribution in [3.05, 3.63) is 0 Å². The summed E-state index contributed by atoms with van der Waals surface area (Å²) in [5.74, 6) is -5.40. The van der Waals surface area contributed by atoms with E-state index in [1.165, 1.54) is 0 Å². The lowest BCUT2D eigenvalue weighted by Gasteiger charge is -2.41. The van der Waals surface area contributed by atoms with Gasteiger partial charge < -0.3 is 19.1 Å². The molecule has 1 saturated heterocycles. The maximum atomic E-state index is 13.5. The zero-order chi connectivity index (χ0) is 19.7. The molecule has 3 aliphatic rings. The molecule has 11 heteroatoms. The molecule has 0 radical (unpaired) electrons. The summed E-state index contributed by atoms with van der Waals surface area (Å²) < 4.78 is 68.6. The summed E-state index contributed by atoms with van der Waals surface area (Å²) in [5, 5.41) is 5.65. The second-order valence-electron chi connectivity index (χ2n) is 7.17. The minimum absolute atomic E-state index is 0.289. The first kappa shape index (κ1) is 19.4. The van der Waals surface area contributed by atoms with E-state index < -0.39 is 68.8 Å². The Morgan fingerprint density at radius 2 is 1.92 bits per heavy atom. The maximum absolute atomic E-state index is 13.5. The zero-order valence-corrected chi connectivity index (χ0v) is 14.9. The second-order valence-corrected chi connectivity index (χ2v) is 8.59. The van der Waals surface area contributed by atoms with Crippen LogP contribution in [0.2, 0.25) is 0 Å². The Bertz CT molecular complexity index is 732. The summed E-state index contributed by atoms with van der Waals surface area (Å²) >= 11 is 0. The molecule has 6 atom stereocenters. The lowest BCUT2D eigenvalue weighted by atomic mass is 9.67. The first-order chi connectivity index (χ1) is 11.9. The van der Waals surface area contributed by atoms with Crippen LogP contribution < -0.4 is 0 Å². The molecule has 0 amide bonds. The average Bonchev–Trinajstić information content (AvgIpc) is 3.16.